The van der Waals surface area contributed by atoms with Crippen LogP contribution in [0.4, 0.5) is 0 Å². The first-order valence-electron chi connectivity index (χ1n) is 9.91. The smallest absolute Gasteiger partial charge is 0.166 e. The van der Waals surface area contributed by atoms with Crippen molar-refractivity contribution in [3.63, 3.8) is 0 Å². The van der Waals surface area contributed by atoms with E-state index in [2.05, 4.69) is 62.0 Å². The molecule has 3 nitrogen and oxygen atoms in total. The number of carbonyl (C=O) groups excluding carboxylic acids is 1. The van der Waals surface area contributed by atoms with Crippen LogP contribution in [0, 0.1) is 0 Å². The molecule has 1 aliphatic heterocycles. The van der Waals surface area contributed by atoms with Crippen molar-refractivity contribution in [3.8, 4) is 0 Å². The minimum absolute atomic E-state index is 0.0923. The molecule has 1 aliphatic rings. The van der Waals surface area contributed by atoms with Gasteiger partial charge in [0, 0.05) is 18.4 Å². The van der Waals surface area contributed by atoms with E-state index in [-0.39, 0.29) is 5.54 Å². The van der Waals surface area contributed by atoms with Crippen molar-refractivity contribution < 1.29 is 14.3 Å². The van der Waals surface area contributed by atoms with Gasteiger partial charge in [-0.1, -0.05) is 84.5 Å². The molecule has 0 radical (unpaired) electrons. The Hall–Kier alpha value is -1.75. The molecule has 0 N–H and O–H groups in total. The molecule has 2 aromatic carbocycles. The fourth-order valence-electron chi connectivity index (χ4n) is 4.24. The van der Waals surface area contributed by atoms with E-state index in [9.17, 15) is 4.79 Å². The van der Waals surface area contributed by atoms with Gasteiger partial charge in [-0.3, -0.25) is 4.79 Å². The Morgan fingerprint density at radius 2 is 1.48 bits per heavy atom. The molecule has 1 unspecified atom stereocenters. The van der Waals surface area contributed by atoms with E-state index in [1.165, 1.54) is 10.4 Å². The highest BCUT2D eigenvalue weighted by atomic mass is 28.3. The topological polar surface area (TPSA) is 35.5 Å². The Labute approximate surface area is 163 Å². The maximum atomic E-state index is 13.4. The molecular weight excluding hydrogens is 352 g/mol. The molecule has 1 saturated heterocycles. The van der Waals surface area contributed by atoms with Crippen LogP contribution in [0.2, 0.25) is 12.1 Å². The zero-order chi connectivity index (χ0) is 19.3. The second kappa shape index (κ2) is 8.51. The van der Waals surface area contributed by atoms with Gasteiger partial charge in [0.1, 0.15) is 13.9 Å². The third kappa shape index (κ3) is 4.23. The number of rotatable bonds is 8. The van der Waals surface area contributed by atoms with E-state index in [1.807, 2.05) is 19.1 Å². The largest absolute Gasteiger partial charge is 0.348 e. The lowest BCUT2D eigenvalue weighted by Gasteiger charge is -2.39. The van der Waals surface area contributed by atoms with Crippen LogP contribution in [0.5, 0.6) is 0 Å². The first-order chi connectivity index (χ1) is 13.0. The summed E-state index contributed by atoms with van der Waals surface area (Å²) in [5, 5.41) is 2.57. The molecule has 0 amide bonds. The van der Waals surface area contributed by atoms with E-state index in [4.69, 9.17) is 9.47 Å². The van der Waals surface area contributed by atoms with Gasteiger partial charge in [0.25, 0.3) is 0 Å². The molecule has 4 heteroatoms. The summed E-state index contributed by atoms with van der Waals surface area (Å²) in [6, 6.07) is 21.1. The van der Waals surface area contributed by atoms with Crippen LogP contribution >= 0.6 is 0 Å². The van der Waals surface area contributed by atoms with Crippen molar-refractivity contribution in [2.45, 2.75) is 51.0 Å². The summed E-state index contributed by atoms with van der Waals surface area (Å²) in [5.74, 6) is -0.342. The number of hydrogen-bond donors (Lipinski definition) is 0. The van der Waals surface area contributed by atoms with Crippen LogP contribution in [0.25, 0.3) is 0 Å². The van der Waals surface area contributed by atoms with Crippen LogP contribution in [0.3, 0.4) is 0 Å². The number of hydrogen-bond acceptors (Lipinski definition) is 3. The number of Topliss-reactive ketones (excluding diaryl/α,β-unsaturated/α-hetero) is 1. The van der Waals surface area contributed by atoms with Crippen molar-refractivity contribution in [1.29, 1.82) is 0 Å². The lowest BCUT2D eigenvalue weighted by atomic mass is 10.1. The van der Waals surface area contributed by atoms with Crippen LogP contribution in [-0.2, 0) is 14.3 Å². The van der Waals surface area contributed by atoms with Crippen LogP contribution in [0.1, 0.15) is 33.1 Å². The zero-order valence-electron chi connectivity index (χ0n) is 16.6. The molecule has 0 bridgehead atoms. The van der Waals surface area contributed by atoms with Crippen molar-refractivity contribution >= 4 is 24.2 Å². The van der Waals surface area contributed by atoms with Crippen LogP contribution in [-0.4, -0.2) is 32.9 Å². The predicted octanol–water partition coefficient (Wildman–Crippen LogP) is 3.77. The van der Waals surface area contributed by atoms with Gasteiger partial charge in [0.2, 0.25) is 0 Å². The Kier molecular flexibility index (Phi) is 6.30. The molecule has 144 valence electrons. The van der Waals surface area contributed by atoms with Gasteiger partial charge in [-0.2, -0.15) is 0 Å². The highest BCUT2D eigenvalue weighted by Gasteiger charge is 2.48. The molecule has 1 fully saturated rings. The quantitative estimate of drug-likeness (QED) is 0.652. The summed E-state index contributed by atoms with van der Waals surface area (Å²) in [4.78, 5) is 13.4. The molecular formula is C23H30O3Si. The Morgan fingerprint density at radius 3 is 1.93 bits per heavy atom. The molecule has 0 aromatic heterocycles. The average molecular weight is 383 g/mol. The third-order valence-electron chi connectivity index (χ3n) is 5.80. The van der Waals surface area contributed by atoms with E-state index >= 15 is 0 Å². The number of carbonyl (C=O) groups is 1. The Bertz CT molecular complexity index is 699. The van der Waals surface area contributed by atoms with Gasteiger partial charge in [-0.25, -0.2) is 0 Å². The van der Waals surface area contributed by atoms with E-state index in [0.29, 0.717) is 31.8 Å². The van der Waals surface area contributed by atoms with Gasteiger partial charge < -0.3 is 9.47 Å². The summed E-state index contributed by atoms with van der Waals surface area (Å²) in [6.45, 7) is 7.58. The lowest BCUT2D eigenvalue weighted by Crippen LogP contribution is -2.62. The highest BCUT2D eigenvalue weighted by molar-refractivity contribution is 7.04. The van der Waals surface area contributed by atoms with Gasteiger partial charge in [0.15, 0.2) is 5.79 Å². The fraction of sp³-hybridized carbons (Fsp3) is 0.435. The normalized spacial score (nSPS) is 17.6. The molecule has 0 saturated carbocycles. The third-order valence-corrected chi connectivity index (χ3v) is 10.8. The maximum Gasteiger partial charge on any atom is 0.166 e. The molecule has 0 aliphatic carbocycles. The van der Waals surface area contributed by atoms with Crippen molar-refractivity contribution in [2.75, 3.05) is 13.2 Å². The molecule has 0 spiro atoms. The summed E-state index contributed by atoms with van der Waals surface area (Å²) in [6.07, 6.45) is 2.07. The monoisotopic (exact) mass is 382 g/mol. The molecule has 3 rings (SSSR count). The predicted molar refractivity (Wildman–Crippen MR) is 112 cm³/mol. The lowest BCUT2D eigenvalue weighted by molar-refractivity contribution is -0.151. The van der Waals surface area contributed by atoms with Gasteiger partial charge in [-0.15, -0.1) is 0 Å². The molecule has 27 heavy (non-hydrogen) atoms. The van der Waals surface area contributed by atoms with Crippen molar-refractivity contribution in [1.82, 2.24) is 0 Å². The van der Waals surface area contributed by atoms with E-state index < -0.39 is 13.9 Å². The maximum absolute atomic E-state index is 13.4. The van der Waals surface area contributed by atoms with Crippen molar-refractivity contribution in [3.05, 3.63) is 60.7 Å². The molecule has 1 heterocycles. The summed E-state index contributed by atoms with van der Waals surface area (Å²) < 4.78 is 11.8. The van der Waals surface area contributed by atoms with E-state index in [1.54, 1.807) is 0 Å². The van der Waals surface area contributed by atoms with Gasteiger partial charge >= 0.3 is 0 Å². The Morgan fingerprint density at radius 1 is 1.00 bits per heavy atom. The highest BCUT2D eigenvalue weighted by Crippen LogP contribution is 2.37. The first-order valence-corrected chi connectivity index (χ1v) is 12.5. The minimum atomic E-state index is -2.36. The van der Waals surface area contributed by atoms with E-state index in [0.717, 1.165) is 6.42 Å². The summed E-state index contributed by atoms with van der Waals surface area (Å²) >= 11 is 0. The summed E-state index contributed by atoms with van der Waals surface area (Å²) in [7, 11) is -2.36. The SMILES string of the molecule is CCCC(=O)C(CC1(C)OCCO1)[Si](C)(c1ccccc1)c1ccccc1. The zero-order valence-corrected chi connectivity index (χ0v) is 17.6. The molecule has 2 aromatic rings. The van der Waals surface area contributed by atoms with Gasteiger partial charge in [0.05, 0.1) is 13.2 Å². The number of benzene rings is 2. The number of ketones is 1. The second-order valence-corrected chi connectivity index (χ2v) is 12.0. The molecule has 1 atom stereocenters. The average Bonchev–Trinajstić information content (AvgIpc) is 3.13. The van der Waals surface area contributed by atoms with Gasteiger partial charge in [-0.05, 0) is 13.3 Å². The van der Waals surface area contributed by atoms with Crippen LogP contribution < -0.4 is 10.4 Å². The van der Waals surface area contributed by atoms with Crippen molar-refractivity contribution in [2.24, 2.45) is 0 Å². The second-order valence-electron chi connectivity index (χ2n) is 7.74. The standard InChI is InChI=1S/C23H30O3Si/c1-4-11-21(24)22(18-23(2)25-16-17-26-23)27(3,19-12-7-5-8-13-19)20-14-9-6-10-15-20/h5-10,12-15,22H,4,11,16-18H2,1-3H3. The first kappa shape index (κ1) is 20.0. The summed E-state index contributed by atoms with van der Waals surface area (Å²) in [5.41, 5.74) is -0.0923. The minimum Gasteiger partial charge on any atom is -0.348 e. The van der Waals surface area contributed by atoms with Crippen LogP contribution in [0.15, 0.2) is 60.7 Å². The number of ether oxygens (including phenoxy) is 2. The fourth-order valence-corrected chi connectivity index (χ4v) is 8.72. The Balaban J connectivity index is 2.11.